The van der Waals surface area contributed by atoms with Crippen molar-refractivity contribution in [2.45, 2.75) is 70.7 Å². The molecule has 0 radical (unpaired) electrons. The maximum absolute atomic E-state index is 13.9. The molecule has 2 aliphatic rings. The highest BCUT2D eigenvalue weighted by Crippen LogP contribution is 2.51. The summed E-state index contributed by atoms with van der Waals surface area (Å²) in [6.07, 6.45) is -2.66. The van der Waals surface area contributed by atoms with Crippen molar-refractivity contribution in [3.05, 3.63) is 23.3 Å². The van der Waals surface area contributed by atoms with E-state index < -0.39 is 23.4 Å². The number of rotatable bonds is 4. The van der Waals surface area contributed by atoms with Crippen LogP contribution in [0.2, 0.25) is 0 Å². The van der Waals surface area contributed by atoms with Crippen molar-refractivity contribution in [1.29, 1.82) is 0 Å². The van der Waals surface area contributed by atoms with Gasteiger partial charge in [0.1, 0.15) is 11.4 Å². The van der Waals surface area contributed by atoms with Gasteiger partial charge in [0.05, 0.1) is 17.9 Å². The average molecular weight is 428 g/mol. The highest BCUT2D eigenvalue weighted by atomic mass is 19.4. The molecular weight excluding hydrogens is 397 g/mol. The molecular formula is C22H31F3N2O3. The van der Waals surface area contributed by atoms with Gasteiger partial charge in [-0.05, 0) is 51.3 Å². The van der Waals surface area contributed by atoms with Gasteiger partial charge in [-0.25, -0.2) is 4.79 Å². The van der Waals surface area contributed by atoms with E-state index in [9.17, 15) is 18.0 Å². The Bertz CT molecular complexity index is 789. The van der Waals surface area contributed by atoms with Crippen molar-refractivity contribution in [3.63, 3.8) is 0 Å². The molecule has 2 aliphatic heterocycles. The fourth-order valence-electron chi connectivity index (χ4n) is 4.31. The quantitative estimate of drug-likeness (QED) is 0.600. The van der Waals surface area contributed by atoms with Crippen molar-refractivity contribution in [3.8, 4) is 5.75 Å². The van der Waals surface area contributed by atoms with Crippen LogP contribution in [0.25, 0.3) is 0 Å². The van der Waals surface area contributed by atoms with Gasteiger partial charge in [0, 0.05) is 32.1 Å². The minimum atomic E-state index is -4.49. The van der Waals surface area contributed by atoms with Crippen molar-refractivity contribution < 1.29 is 27.4 Å². The Balaban J connectivity index is 1.94. The number of carbonyl (C=O) groups excluding carboxylic acids is 1. The summed E-state index contributed by atoms with van der Waals surface area (Å²) in [6.45, 7) is 8.55. The molecule has 3 rings (SSSR count). The summed E-state index contributed by atoms with van der Waals surface area (Å²) in [5.41, 5.74) is -0.502. The van der Waals surface area contributed by atoms with Crippen LogP contribution in [0, 0.1) is 0 Å². The average Bonchev–Trinajstić information content (AvgIpc) is 2.91. The molecule has 0 N–H and O–H groups in total. The minimum absolute atomic E-state index is 0.0920. The summed E-state index contributed by atoms with van der Waals surface area (Å²) in [5.74, 6) is 0.0139. The van der Waals surface area contributed by atoms with Gasteiger partial charge in [0.2, 0.25) is 0 Å². The molecule has 2 atom stereocenters. The van der Waals surface area contributed by atoms with Gasteiger partial charge in [-0.2, -0.15) is 13.2 Å². The van der Waals surface area contributed by atoms with Gasteiger partial charge in [0.15, 0.2) is 0 Å². The minimum Gasteiger partial charge on any atom is -0.494 e. The molecule has 0 aliphatic carbocycles. The molecule has 0 saturated carbocycles. The van der Waals surface area contributed by atoms with Gasteiger partial charge in [0.25, 0.3) is 0 Å². The molecule has 2 heterocycles. The third-order valence-electron chi connectivity index (χ3n) is 5.66. The van der Waals surface area contributed by atoms with Crippen molar-refractivity contribution in [2.75, 3.05) is 31.6 Å². The second-order valence-corrected chi connectivity index (χ2v) is 9.11. The van der Waals surface area contributed by atoms with Crippen LogP contribution < -0.4 is 9.64 Å². The highest BCUT2D eigenvalue weighted by Gasteiger charge is 2.47. The zero-order chi connectivity index (χ0) is 22.3. The van der Waals surface area contributed by atoms with E-state index in [1.807, 2.05) is 6.92 Å². The summed E-state index contributed by atoms with van der Waals surface area (Å²) in [6, 6.07) is 2.74. The number of nitrogens with zero attached hydrogens (tertiary/aromatic N) is 2. The monoisotopic (exact) mass is 428 g/mol. The standard InChI is InChI=1S/C22H31F3N2O3/c1-6-7-10-29-14-11-15-16-13-27(20(28)30-21(2,3)4)9-8-18(16)26(5)19(15)17(12-14)22(23,24)25/h11-12,16,18H,6-10,13H2,1-5H3. The number of alkyl halides is 3. The smallest absolute Gasteiger partial charge is 0.418 e. The van der Waals surface area contributed by atoms with Gasteiger partial charge in [-0.3, -0.25) is 0 Å². The van der Waals surface area contributed by atoms with E-state index in [2.05, 4.69) is 0 Å². The molecule has 1 aromatic rings. The van der Waals surface area contributed by atoms with E-state index in [1.54, 1.807) is 43.7 Å². The first-order valence-corrected chi connectivity index (χ1v) is 10.5. The lowest BCUT2D eigenvalue weighted by Gasteiger charge is -2.38. The van der Waals surface area contributed by atoms with E-state index >= 15 is 0 Å². The predicted molar refractivity (Wildman–Crippen MR) is 109 cm³/mol. The molecule has 0 bridgehead atoms. The number of carbonyl (C=O) groups is 1. The normalized spacial score (nSPS) is 21.3. The van der Waals surface area contributed by atoms with Gasteiger partial charge in [-0.15, -0.1) is 0 Å². The lowest BCUT2D eigenvalue weighted by molar-refractivity contribution is -0.137. The lowest BCUT2D eigenvalue weighted by Crippen LogP contribution is -2.48. The second-order valence-electron chi connectivity index (χ2n) is 9.11. The Morgan fingerprint density at radius 3 is 2.53 bits per heavy atom. The highest BCUT2D eigenvalue weighted by molar-refractivity contribution is 5.72. The van der Waals surface area contributed by atoms with E-state index in [1.165, 1.54) is 0 Å². The molecule has 168 valence electrons. The van der Waals surface area contributed by atoms with Gasteiger partial charge >= 0.3 is 12.3 Å². The van der Waals surface area contributed by atoms with Crippen LogP contribution >= 0.6 is 0 Å². The third kappa shape index (κ3) is 4.62. The zero-order valence-electron chi connectivity index (χ0n) is 18.3. The molecule has 1 fully saturated rings. The number of benzene rings is 1. The van der Waals surface area contributed by atoms with Crippen LogP contribution in [-0.2, 0) is 10.9 Å². The molecule has 1 saturated heterocycles. The Labute approximate surface area is 176 Å². The number of ether oxygens (including phenoxy) is 2. The number of likely N-dealkylation sites (N-methyl/N-ethyl adjacent to an activating group) is 1. The van der Waals surface area contributed by atoms with E-state index in [-0.39, 0.29) is 23.4 Å². The van der Waals surface area contributed by atoms with Crippen LogP contribution in [-0.4, -0.2) is 49.4 Å². The van der Waals surface area contributed by atoms with Gasteiger partial charge in [-0.1, -0.05) is 13.3 Å². The lowest BCUT2D eigenvalue weighted by atomic mass is 9.88. The fraction of sp³-hybridized carbons (Fsp3) is 0.682. The summed E-state index contributed by atoms with van der Waals surface area (Å²) in [5, 5.41) is 0. The number of likely N-dealkylation sites (tertiary alicyclic amines) is 1. The topological polar surface area (TPSA) is 42.0 Å². The van der Waals surface area contributed by atoms with E-state index in [4.69, 9.17) is 9.47 Å². The van der Waals surface area contributed by atoms with Crippen LogP contribution in [0.5, 0.6) is 5.75 Å². The first-order valence-electron chi connectivity index (χ1n) is 10.5. The summed E-state index contributed by atoms with van der Waals surface area (Å²) in [4.78, 5) is 15.9. The number of hydrogen-bond donors (Lipinski definition) is 0. The molecule has 8 heteroatoms. The molecule has 1 amide bonds. The molecule has 5 nitrogen and oxygen atoms in total. The number of anilines is 1. The maximum Gasteiger partial charge on any atom is 0.418 e. The molecule has 30 heavy (non-hydrogen) atoms. The summed E-state index contributed by atoms with van der Waals surface area (Å²) in [7, 11) is 1.71. The van der Waals surface area contributed by atoms with Crippen LogP contribution in [0.4, 0.5) is 23.7 Å². The number of halogens is 3. The number of unbranched alkanes of at least 4 members (excludes halogenated alkanes) is 1. The van der Waals surface area contributed by atoms with Crippen LogP contribution in [0.1, 0.15) is 64.0 Å². The van der Waals surface area contributed by atoms with E-state index in [0.29, 0.717) is 31.7 Å². The second kappa shape index (κ2) is 8.19. The third-order valence-corrected chi connectivity index (χ3v) is 5.66. The van der Waals surface area contributed by atoms with Crippen molar-refractivity contribution in [1.82, 2.24) is 4.90 Å². The number of fused-ring (bicyclic) bond motifs is 3. The summed E-state index contributed by atoms with van der Waals surface area (Å²) >= 11 is 0. The number of piperidine rings is 1. The fourth-order valence-corrected chi connectivity index (χ4v) is 4.31. The zero-order valence-corrected chi connectivity index (χ0v) is 18.3. The molecule has 2 unspecified atom stereocenters. The predicted octanol–water partition coefficient (Wildman–Crippen LogP) is 5.43. The van der Waals surface area contributed by atoms with Crippen molar-refractivity contribution in [2.24, 2.45) is 0 Å². The first kappa shape index (κ1) is 22.6. The Morgan fingerprint density at radius 1 is 1.23 bits per heavy atom. The summed E-state index contributed by atoms with van der Waals surface area (Å²) < 4.78 is 52.8. The van der Waals surface area contributed by atoms with Crippen molar-refractivity contribution >= 4 is 11.8 Å². The number of hydrogen-bond acceptors (Lipinski definition) is 4. The molecule has 0 spiro atoms. The largest absolute Gasteiger partial charge is 0.494 e. The Hall–Kier alpha value is -2.12. The Kier molecular flexibility index (Phi) is 6.16. The maximum atomic E-state index is 13.9. The SMILES string of the molecule is CCCCOc1cc2c(c(C(F)(F)F)c1)N(C)C1CCN(C(=O)OC(C)(C)C)CC21. The number of amides is 1. The van der Waals surface area contributed by atoms with Crippen LogP contribution in [0.15, 0.2) is 12.1 Å². The van der Waals surface area contributed by atoms with E-state index in [0.717, 1.165) is 18.9 Å². The molecule has 1 aromatic carbocycles. The molecule has 0 aromatic heterocycles. The Morgan fingerprint density at radius 2 is 1.93 bits per heavy atom. The van der Waals surface area contributed by atoms with Gasteiger partial charge < -0.3 is 19.3 Å². The van der Waals surface area contributed by atoms with Crippen LogP contribution in [0.3, 0.4) is 0 Å². The first-order chi connectivity index (χ1) is 13.9.